The predicted molar refractivity (Wildman–Crippen MR) is 108 cm³/mol. The van der Waals surface area contributed by atoms with Crippen molar-refractivity contribution in [3.63, 3.8) is 0 Å². The molecule has 7 nitrogen and oxygen atoms in total. The fraction of sp³-hybridized carbons (Fsp3) is 0.318. The molecular formula is C22H24N2O5. The maximum Gasteiger partial charge on any atom is 0.338 e. The largest absolute Gasteiger partial charge is 0.467 e. The van der Waals surface area contributed by atoms with Crippen molar-refractivity contribution in [2.75, 3.05) is 32.7 Å². The molecular weight excluding hydrogens is 372 g/mol. The number of hydrogen-bond donors (Lipinski definition) is 0. The molecule has 1 amide bonds. The Morgan fingerprint density at radius 1 is 1.03 bits per heavy atom. The average Bonchev–Trinajstić information content (AvgIpc) is 2.75. The Balaban J connectivity index is 1.68. The number of esters is 2. The molecule has 0 aliphatic carbocycles. The lowest BCUT2D eigenvalue weighted by molar-refractivity contribution is -0.155. The summed E-state index contributed by atoms with van der Waals surface area (Å²) in [6, 6.07) is 13.8. The summed E-state index contributed by atoms with van der Waals surface area (Å²) in [5, 5.41) is 0. The van der Waals surface area contributed by atoms with Crippen molar-refractivity contribution in [3.05, 3.63) is 65.2 Å². The van der Waals surface area contributed by atoms with Gasteiger partial charge in [0.05, 0.1) is 12.7 Å². The molecule has 1 heterocycles. The first kappa shape index (κ1) is 20.4. The van der Waals surface area contributed by atoms with Gasteiger partial charge in [-0.3, -0.25) is 4.79 Å². The van der Waals surface area contributed by atoms with E-state index in [4.69, 9.17) is 9.47 Å². The first-order chi connectivity index (χ1) is 13.9. The Morgan fingerprint density at radius 2 is 1.69 bits per heavy atom. The summed E-state index contributed by atoms with van der Waals surface area (Å²) < 4.78 is 10.1. The highest BCUT2D eigenvalue weighted by Gasteiger charge is 2.35. The molecule has 0 unspecified atom stereocenters. The maximum absolute atomic E-state index is 12.8. The minimum atomic E-state index is -0.736. The van der Waals surface area contributed by atoms with E-state index in [1.165, 1.54) is 12.0 Å². The van der Waals surface area contributed by atoms with E-state index < -0.39 is 30.5 Å². The highest BCUT2D eigenvalue weighted by molar-refractivity contribution is 5.92. The van der Waals surface area contributed by atoms with Crippen LogP contribution in [-0.2, 0) is 32.0 Å². The van der Waals surface area contributed by atoms with Crippen LogP contribution in [0.25, 0.3) is 0 Å². The molecule has 152 valence electrons. The number of amides is 1. The third-order valence-electron chi connectivity index (χ3n) is 4.99. The van der Waals surface area contributed by atoms with Gasteiger partial charge in [-0.15, -0.1) is 0 Å². The third-order valence-corrected chi connectivity index (χ3v) is 4.99. The van der Waals surface area contributed by atoms with Crippen molar-refractivity contribution in [2.45, 2.75) is 19.0 Å². The second-order valence-electron chi connectivity index (χ2n) is 7.05. The monoisotopic (exact) mass is 396 g/mol. The van der Waals surface area contributed by atoms with Gasteiger partial charge < -0.3 is 19.3 Å². The first-order valence-electron chi connectivity index (χ1n) is 9.29. The number of ether oxygens (including phenoxy) is 2. The van der Waals surface area contributed by atoms with Crippen LogP contribution in [0.5, 0.6) is 0 Å². The lowest BCUT2D eigenvalue weighted by atomic mass is 9.94. The zero-order valence-electron chi connectivity index (χ0n) is 16.8. The van der Waals surface area contributed by atoms with E-state index in [2.05, 4.69) is 0 Å². The van der Waals surface area contributed by atoms with Gasteiger partial charge in [0, 0.05) is 32.7 Å². The molecule has 1 aliphatic heterocycles. The van der Waals surface area contributed by atoms with Crippen LogP contribution in [0, 0.1) is 0 Å². The van der Waals surface area contributed by atoms with E-state index in [0.29, 0.717) is 12.0 Å². The smallest absolute Gasteiger partial charge is 0.338 e. The Labute approximate surface area is 169 Å². The molecule has 29 heavy (non-hydrogen) atoms. The Bertz CT molecular complexity index is 908. The Kier molecular flexibility index (Phi) is 6.16. The van der Waals surface area contributed by atoms with E-state index in [0.717, 1.165) is 16.8 Å². The number of rotatable bonds is 5. The van der Waals surface area contributed by atoms with Crippen LogP contribution in [-0.4, -0.2) is 56.6 Å². The summed E-state index contributed by atoms with van der Waals surface area (Å²) in [7, 11) is 5.10. The molecule has 1 atom stereocenters. The van der Waals surface area contributed by atoms with Gasteiger partial charge in [0.2, 0.25) is 0 Å². The molecule has 7 heteroatoms. The highest BCUT2D eigenvalue weighted by Crippen LogP contribution is 2.24. The van der Waals surface area contributed by atoms with Crippen molar-refractivity contribution < 1.29 is 23.9 Å². The fourth-order valence-corrected chi connectivity index (χ4v) is 3.32. The number of anilines is 1. The summed E-state index contributed by atoms with van der Waals surface area (Å²) in [5.74, 6) is -1.51. The number of benzene rings is 2. The molecule has 0 saturated carbocycles. The van der Waals surface area contributed by atoms with E-state index in [1.54, 1.807) is 24.3 Å². The summed E-state index contributed by atoms with van der Waals surface area (Å²) in [6.07, 6.45) is 0.370. The van der Waals surface area contributed by atoms with E-state index in [9.17, 15) is 14.4 Å². The van der Waals surface area contributed by atoms with Crippen molar-refractivity contribution in [1.82, 2.24) is 4.90 Å². The zero-order valence-corrected chi connectivity index (χ0v) is 16.8. The van der Waals surface area contributed by atoms with Crippen LogP contribution in [0.4, 0.5) is 5.69 Å². The predicted octanol–water partition coefficient (Wildman–Crippen LogP) is 2.04. The van der Waals surface area contributed by atoms with Crippen LogP contribution in [0.15, 0.2) is 48.5 Å². The molecule has 0 aromatic heterocycles. The molecule has 0 bridgehead atoms. The van der Waals surface area contributed by atoms with Gasteiger partial charge in [0.15, 0.2) is 6.61 Å². The molecule has 2 aromatic rings. The molecule has 3 rings (SSSR count). The lowest BCUT2D eigenvalue weighted by Gasteiger charge is -2.35. The number of methoxy groups -OCH3 is 1. The first-order valence-corrected chi connectivity index (χ1v) is 9.29. The van der Waals surface area contributed by atoms with Crippen LogP contribution in [0.2, 0.25) is 0 Å². The normalized spacial score (nSPS) is 15.3. The molecule has 1 aliphatic rings. The number of carbonyl (C=O) groups is 3. The number of fused-ring (bicyclic) bond motifs is 1. The summed E-state index contributed by atoms with van der Waals surface area (Å²) in [6.45, 7) is -0.173. The standard InChI is InChI=1S/C22H24N2O5/c1-23(2)18-10-8-15(9-11-18)21(26)29-14-20(25)24-13-17-7-5-4-6-16(17)12-19(24)22(27)28-3/h4-11,19H,12-14H2,1-3H3/t19-/m0/s1. The fourth-order valence-electron chi connectivity index (χ4n) is 3.32. The molecule has 0 N–H and O–H groups in total. The second-order valence-corrected chi connectivity index (χ2v) is 7.05. The van der Waals surface area contributed by atoms with Gasteiger partial charge in [0.25, 0.3) is 5.91 Å². The van der Waals surface area contributed by atoms with Crippen molar-refractivity contribution in [1.29, 1.82) is 0 Å². The minimum absolute atomic E-state index is 0.268. The highest BCUT2D eigenvalue weighted by atomic mass is 16.5. The van der Waals surface area contributed by atoms with Crippen LogP contribution < -0.4 is 4.90 Å². The van der Waals surface area contributed by atoms with Crippen molar-refractivity contribution in [2.24, 2.45) is 0 Å². The second kappa shape index (κ2) is 8.77. The average molecular weight is 396 g/mol. The third kappa shape index (κ3) is 4.56. The maximum atomic E-state index is 12.8. The minimum Gasteiger partial charge on any atom is -0.467 e. The molecule has 0 saturated heterocycles. The molecule has 0 radical (unpaired) electrons. The lowest BCUT2D eigenvalue weighted by Crippen LogP contribution is -2.50. The van der Waals surface area contributed by atoms with Crippen molar-refractivity contribution in [3.8, 4) is 0 Å². The quantitative estimate of drug-likeness (QED) is 0.720. The SMILES string of the molecule is COC(=O)[C@@H]1Cc2ccccc2CN1C(=O)COC(=O)c1ccc(N(C)C)cc1. The number of nitrogens with zero attached hydrogens (tertiary/aromatic N) is 2. The van der Waals surface area contributed by atoms with Crippen LogP contribution in [0.3, 0.4) is 0 Å². The van der Waals surface area contributed by atoms with E-state index in [1.807, 2.05) is 43.3 Å². The van der Waals surface area contributed by atoms with Gasteiger partial charge in [0.1, 0.15) is 6.04 Å². The van der Waals surface area contributed by atoms with Crippen LogP contribution in [0.1, 0.15) is 21.5 Å². The van der Waals surface area contributed by atoms with Gasteiger partial charge in [-0.25, -0.2) is 9.59 Å². The van der Waals surface area contributed by atoms with Gasteiger partial charge in [-0.1, -0.05) is 24.3 Å². The molecule has 2 aromatic carbocycles. The molecule has 0 fully saturated rings. The zero-order chi connectivity index (χ0) is 21.0. The summed E-state index contributed by atoms with van der Waals surface area (Å²) >= 11 is 0. The summed E-state index contributed by atoms with van der Waals surface area (Å²) in [5.41, 5.74) is 3.28. The van der Waals surface area contributed by atoms with E-state index >= 15 is 0 Å². The van der Waals surface area contributed by atoms with Crippen molar-refractivity contribution >= 4 is 23.5 Å². The summed E-state index contributed by atoms with van der Waals surface area (Å²) in [4.78, 5) is 40.6. The number of hydrogen-bond acceptors (Lipinski definition) is 6. The van der Waals surface area contributed by atoms with E-state index in [-0.39, 0.29) is 6.54 Å². The Hall–Kier alpha value is -3.35. The van der Waals surface area contributed by atoms with Gasteiger partial charge in [-0.05, 0) is 35.4 Å². The van der Waals surface area contributed by atoms with Gasteiger partial charge in [-0.2, -0.15) is 0 Å². The van der Waals surface area contributed by atoms with Gasteiger partial charge >= 0.3 is 11.9 Å². The topological polar surface area (TPSA) is 76.1 Å². The molecule has 0 spiro atoms. The Morgan fingerprint density at radius 3 is 2.31 bits per heavy atom. The number of carbonyl (C=O) groups excluding carboxylic acids is 3. The van der Waals surface area contributed by atoms with Crippen LogP contribution >= 0.6 is 0 Å².